The van der Waals surface area contributed by atoms with Crippen LogP contribution in [-0.2, 0) is 5.75 Å². The van der Waals surface area contributed by atoms with E-state index in [1.165, 1.54) is 0 Å². The maximum absolute atomic E-state index is 12.7. The number of para-hydroxylation sites is 1. The van der Waals surface area contributed by atoms with E-state index in [9.17, 15) is 4.79 Å². The lowest BCUT2D eigenvalue weighted by Crippen LogP contribution is -2.13. The van der Waals surface area contributed by atoms with E-state index in [4.69, 9.17) is 27.6 Å². The molecule has 1 amide bonds. The Kier molecular flexibility index (Phi) is 6.80. The zero-order valence-corrected chi connectivity index (χ0v) is 18.3. The Morgan fingerprint density at radius 1 is 1.21 bits per heavy atom. The molecule has 150 valence electrons. The SMILES string of the molecule is Cc1oc2c(NC(=O)c3c(Cl)cccc3Cl)cccc2c1CSn1ccnc1.Cl. The number of imidazole rings is 1. The second-order valence-electron chi connectivity index (χ2n) is 6.07. The molecule has 0 atom stereocenters. The lowest BCUT2D eigenvalue weighted by molar-refractivity contribution is 0.102. The van der Waals surface area contributed by atoms with Crippen LogP contribution in [-0.4, -0.2) is 14.9 Å². The zero-order chi connectivity index (χ0) is 19.7. The molecule has 0 fully saturated rings. The highest BCUT2D eigenvalue weighted by molar-refractivity contribution is 7.97. The molecule has 0 unspecified atom stereocenters. The predicted molar refractivity (Wildman–Crippen MR) is 122 cm³/mol. The quantitative estimate of drug-likeness (QED) is 0.358. The summed E-state index contributed by atoms with van der Waals surface area (Å²) in [7, 11) is 0. The Hall–Kier alpha value is -2.12. The number of furan rings is 1. The van der Waals surface area contributed by atoms with Crippen molar-refractivity contribution in [1.29, 1.82) is 0 Å². The van der Waals surface area contributed by atoms with E-state index in [-0.39, 0.29) is 23.9 Å². The summed E-state index contributed by atoms with van der Waals surface area (Å²) in [5, 5.41) is 4.41. The Bertz CT molecular complexity index is 1140. The molecule has 0 aliphatic carbocycles. The third-order valence-corrected chi connectivity index (χ3v) is 5.86. The lowest BCUT2D eigenvalue weighted by atomic mass is 10.1. The van der Waals surface area contributed by atoms with Crippen LogP contribution in [0.25, 0.3) is 11.0 Å². The van der Waals surface area contributed by atoms with Crippen molar-refractivity contribution in [3.8, 4) is 0 Å². The number of hydrogen-bond acceptors (Lipinski definition) is 4. The van der Waals surface area contributed by atoms with Crippen LogP contribution in [0.15, 0.2) is 59.5 Å². The minimum atomic E-state index is -0.383. The number of amides is 1. The van der Waals surface area contributed by atoms with E-state index < -0.39 is 0 Å². The van der Waals surface area contributed by atoms with Gasteiger partial charge in [0.25, 0.3) is 5.91 Å². The van der Waals surface area contributed by atoms with E-state index in [0.29, 0.717) is 27.1 Å². The number of nitrogens with zero attached hydrogens (tertiary/aromatic N) is 2. The topological polar surface area (TPSA) is 60.1 Å². The Balaban J connectivity index is 0.00000240. The van der Waals surface area contributed by atoms with Gasteiger partial charge in [-0.1, -0.05) is 41.4 Å². The van der Waals surface area contributed by atoms with Crippen molar-refractivity contribution < 1.29 is 9.21 Å². The molecule has 1 N–H and O–H groups in total. The molecule has 2 aromatic heterocycles. The van der Waals surface area contributed by atoms with Crippen LogP contribution in [0.1, 0.15) is 21.7 Å². The molecule has 0 spiro atoms. The van der Waals surface area contributed by atoms with Crippen molar-refractivity contribution in [3.63, 3.8) is 0 Å². The monoisotopic (exact) mass is 467 g/mol. The van der Waals surface area contributed by atoms with Gasteiger partial charge in [0.2, 0.25) is 0 Å². The first kappa shape index (κ1) is 21.6. The average Bonchev–Trinajstić information content (AvgIpc) is 3.28. The van der Waals surface area contributed by atoms with Gasteiger partial charge in [-0.25, -0.2) is 4.98 Å². The molecule has 5 nitrogen and oxygen atoms in total. The summed E-state index contributed by atoms with van der Waals surface area (Å²) in [5.41, 5.74) is 2.50. The van der Waals surface area contributed by atoms with Crippen LogP contribution >= 0.6 is 47.6 Å². The summed E-state index contributed by atoms with van der Waals surface area (Å²) in [6.07, 6.45) is 5.38. The van der Waals surface area contributed by atoms with Gasteiger partial charge in [0.15, 0.2) is 5.58 Å². The van der Waals surface area contributed by atoms with Gasteiger partial charge in [0.05, 0.1) is 21.3 Å². The first-order chi connectivity index (χ1) is 13.5. The van der Waals surface area contributed by atoms with E-state index in [1.54, 1.807) is 48.7 Å². The Labute approximate surface area is 187 Å². The molecular weight excluding hydrogens is 453 g/mol. The smallest absolute Gasteiger partial charge is 0.258 e. The number of benzene rings is 2. The number of carbonyl (C=O) groups excluding carboxylic acids is 1. The van der Waals surface area contributed by atoms with Crippen LogP contribution in [0.4, 0.5) is 5.69 Å². The van der Waals surface area contributed by atoms with Crippen molar-refractivity contribution in [1.82, 2.24) is 8.96 Å². The number of hydrogen-bond donors (Lipinski definition) is 1. The summed E-state index contributed by atoms with van der Waals surface area (Å²) >= 11 is 13.9. The number of rotatable bonds is 5. The van der Waals surface area contributed by atoms with Crippen molar-refractivity contribution in [2.75, 3.05) is 5.32 Å². The Morgan fingerprint density at radius 3 is 2.62 bits per heavy atom. The van der Waals surface area contributed by atoms with Gasteiger partial charge in [-0.2, -0.15) is 0 Å². The molecule has 0 radical (unpaired) electrons. The molecule has 9 heteroatoms. The highest BCUT2D eigenvalue weighted by Crippen LogP contribution is 2.34. The molecule has 0 bridgehead atoms. The molecule has 2 heterocycles. The second kappa shape index (κ2) is 9.13. The molecule has 2 aromatic carbocycles. The molecule has 4 aromatic rings. The summed E-state index contributed by atoms with van der Waals surface area (Å²) in [6, 6.07) is 10.6. The van der Waals surface area contributed by atoms with Gasteiger partial charge < -0.3 is 9.73 Å². The van der Waals surface area contributed by atoms with Gasteiger partial charge in [-0.05, 0) is 37.1 Å². The van der Waals surface area contributed by atoms with Crippen molar-refractivity contribution >= 4 is 70.1 Å². The van der Waals surface area contributed by atoms with E-state index >= 15 is 0 Å². The first-order valence-corrected chi connectivity index (χ1v) is 10.1. The van der Waals surface area contributed by atoms with Gasteiger partial charge in [0, 0.05) is 29.1 Å². The van der Waals surface area contributed by atoms with Gasteiger partial charge >= 0.3 is 0 Å². The van der Waals surface area contributed by atoms with E-state index in [2.05, 4.69) is 10.3 Å². The van der Waals surface area contributed by atoms with Crippen molar-refractivity contribution in [2.24, 2.45) is 0 Å². The summed E-state index contributed by atoms with van der Waals surface area (Å²) in [5.74, 6) is 1.13. The summed E-state index contributed by atoms with van der Waals surface area (Å²) < 4.78 is 7.91. The highest BCUT2D eigenvalue weighted by Gasteiger charge is 2.19. The number of anilines is 1. The predicted octanol–water partition coefficient (Wildman–Crippen LogP) is 6.62. The number of aromatic nitrogens is 2. The molecule has 0 aliphatic rings. The van der Waals surface area contributed by atoms with Crippen LogP contribution in [0, 0.1) is 6.92 Å². The standard InChI is InChI=1S/C20H15Cl2N3O2S.ClH/c1-12-14(10-28-25-9-8-23-11-25)13-4-2-7-17(19(13)27-12)24-20(26)18-15(21)5-3-6-16(18)22;/h2-9,11H,10H2,1H3,(H,24,26);1H. The molecular formula is C20H16Cl3N3O2S. The maximum Gasteiger partial charge on any atom is 0.258 e. The minimum Gasteiger partial charge on any atom is -0.459 e. The number of halogens is 3. The Morgan fingerprint density at radius 2 is 1.93 bits per heavy atom. The minimum absolute atomic E-state index is 0. The van der Waals surface area contributed by atoms with Crippen LogP contribution in [0.2, 0.25) is 10.0 Å². The van der Waals surface area contributed by atoms with Crippen LogP contribution < -0.4 is 5.32 Å². The summed E-state index contributed by atoms with van der Waals surface area (Å²) in [4.78, 5) is 16.8. The second-order valence-corrected chi connectivity index (χ2v) is 7.85. The third-order valence-electron chi connectivity index (χ3n) is 4.30. The van der Waals surface area contributed by atoms with Crippen molar-refractivity contribution in [3.05, 3.63) is 82.1 Å². The van der Waals surface area contributed by atoms with Crippen LogP contribution in [0.3, 0.4) is 0 Å². The molecule has 0 aliphatic heterocycles. The highest BCUT2D eigenvalue weighted by atomic mass is 35.5. The molecule has 0 saturated heterocycles. The van der Waals surface area contributed by atoms with Gasteiger partial charge in [-0.3, -0.25) is 8.77 Å². The number of carbonyl (C=O) groups is 1. The number of fused-ring (bicyclic) bond motifs is 1. The third kappa shape index (κ3) is 4.41. The van der Waals surface area contributed by atoms with E-state index in [0.717, 1.165) is 16.7 Å². The molecule has 4 rings (SSSR count). The average molecular weight is 469 g/mol. The largest absolute Gasteiger partial charge is 0.459 e. The number of nitrogens with one attached hydrogen (secondary N) is 1. The normalized spacial score (nSPS) is 10.7. The fourth-order valence-electron chi connectivity index (χ4n) is 2.93. The van der Waals surface area contributed by atoms with Crippen LogP contribution in [0.5, 0.6) is 0 Å². The number of aryl methyl sites for hydroxylation is 1. The van der Waals surface area contributed by atoms with Gasteiger partial charge in [-0.15, -0.1) is 12.4 Å². The van der Waals surface area contributed by atoms with E-state index in [1.807, 2.05) is 29.2 Å². The fraction of sp³-hybridized carbons (Fsp3) is 0.100. The fourth-order valence-corrected chi connectivity index (χ4v) is 4.40. The zero-order valence-electron chi connectivity index (χ0n) is 15.2. The first-order valence-electron chi connectivity index (χ1n) is 8.42. The lowest BCUT2D eigenvalue weighted by Gasteiger charge is -2.09. The van der Waals surface area contributed by atoms with Crippen molar-refractivity contribution in [2.45, 2.75) is 12.7 Å². The maximum atomic E-state index is 12.7. The molecule has 29 heavy (non-hydrogen) atoms. The molecule has 0 saturated carbocycles. The van der Waals surface area contributed by atoms with Gasteiger partial charge in [0.1, 0.15) is 12.1 Å². The summed E-state index contributed by atoms with van der Waals surface area (Å²) in [6.45, 7) is 1.92.